The van der Waals surface area contributed by atoms with E-state index >= 15 is 0 Å². The van der Waals surface area contributed by atoms with Crippen molar-refractivity contribution in [2.75, 3.05) is 12.9 Å². The van der Waals surface area contributed by atoms with Crippen molar-refractivity contribution < 1.29 is 9.53 Å². The summed E-state index contributed by atoms with van der Waals surface area (Å²) in [4.78, 5) is 19.2. The van der Waals surface area contributed by atoms with Gasteiger partial charge in [0.1, 0.15) is 5.75 Å². The van der Waals surface area contributed by atoms with Gasteiger partial charge in [0, 0.05) is 30.2 Å². The summed E-state index contributed by atoms with van der Waals surface area (Å²) in [6, 6.07) is 8.48. The molecule has 0 aliphatic carbocycles. The van der Waals surface area contributed by atoms with Crippen LogP contribution in [0, 0.1) is 0 Å². The van der Waals surface area contributed by atoms with Crippen molar-refractivity contribution in [3.05, 3.63) is 36.7 Å². The Kier molecular flexibility index (Phi) is 5.68. The van der Waals surface area contributed by atoms with Gasteiger partial charge in [-0.2, -0.15) is 0 Å². The minimum Gasteiger partial charge on any atom is -0.497 e. The Morgan fingerprint density at radius 3 is 2.56 bits per heavy atom. The fraction of sp³-hybridized carbons (Fsp3) is 0.474. The summed E-state index contributed by atoms with van der Waals surface area (Å²) in [5.74, 6) is 1.44. The molecule has 1 aliphatic rings. The number of ether oxygens (including phenoxy) is 1. The van der Waals surface area contributed by atoms with Crippen LogP contribution in [-0.2, 0) is 4.79 Å². The number of amides is 1. The molecule has 3 rings (SSSR count). The lowest BCUT2D eigenvalue weighted by Gasteiger charge is -2.39. The molecule has 1 saturated heterocycles. The maximum atomic E-state index is 12.7. The lowest BCUT2D eigenvalue weighted by atomic mass is 9.98. The molecule has 5 nitrogen and oxygen atoms in total. The van der Waals surface area contributed by atoms with Crippen molar-refractivity contribution >= 4 is 17.7 Å². The van der Waals surface area contributed by atoms with Crippen molar-refractivity contribution in [3.8, 4) is 11.4 Å². The number of hydrogen-bond donors (Lipinski definition) is 0. The zero-order valence-electron chi connectivity index (χ0n) is 15.0. The third kappa shape index (κ3) is 4.00. The van der Waals surface area contributed by atoms with Crippen LogP contribution in [0.5, 0.6) is 5.75 Å². The van der Waals surface area contributed by atoms with Crippen LogP contribution in [-0.4, -0.2) is 45.3 Å². The number of thioether (sulfide) groups is 1. The molecule has 0 bridgehead atoms. The molecule has 1 aromatic heterocycles. The molecule has 25 heavy (non-hydrogen) atoms. The molecule has 0 N–H and O–H groups in total. The number of piperidine rings is 1. The van der Waals surface area contributed by atoms with Crippen molar-refractivity contribution in [2.24, 2.45) is 0 Å². The molecule has 0 saturated carbocycles. The van der Waals surface area contributed by atoms with Gasteiger partial charge in [-0.25, -0.2) is 4.98 Å². The monoisotopic (exact) mass is 359 g/mol. The second kappa shape index (κ2) is 7.95. The number of hydrogen-bond acceptors (Lipinski definition) is 4. The highest BCUT2D eigenvalue weighted by molar-refractivity contribution is 7.99. The summed E-state index contributed by atoms with van der Waals surface area (Å²) in [6.07, 6.45) is 7.09. The molecule has 2 heterocycles. The molecule has 1 aromatic carbocycles. The maximum absolute atomic E-state index is 12.7. The average Bonchev–Trinajstić information content (AvgIpc) is 3.08. The van der Waals surface area contributed by atoms with E-state index in [-0.39, 0.29) is 5.91 Å². The molecule has 1 fully saturated rings. The summed E-state index contributed by atoms with van der Waals surface area (Å²) in [7, 11) is 1.65. The van der Waals surface area contributed by atoms with E-state index in [1.165, 1.54) is 18.2 Å². The van der Waals surface area contributed by atoms with Crippen LogP contribution in [0.25, 0.3) is 5.69 Å². The Hall–Kier alpha value is -1.95. The number of methoxy groups -OCH3 is 1. The Morgan fingerprint density at radius 1 is 1.24 bits per heavy atom. The average molecular weight is 359 g/mol. The van der Waals surface area contributed by atoms with E-state index in [4.69, 9.17) is 4.74 Å². The zero-order chi connectivity index (χ0) is 17.8. The maximum Gasteiger partial charge on any atom is 0.233 e. The first-order valence-corrected chi connectivity index (χ1v) is 9.70. The van der Waals surface area contributed by atoms with Crippen molar-refractivity contribution in [1.29, 1.82) is 0 Å². The van der Waals surface area contributed by atoms with Gasteiger partial charge in [-0.15, -0.1) is 0 Å². The number of aromatic nitrogens is 2. The second-order valence-electron chi connectivity index (χ2n) is 6.50. The highest BCUT2D eigenvalue weighted by Gasteiger charge is 2.28. The van der Waals surface area contributed by atoms with E-state index in [1.54, 1.807) is 13.3 Å². The van der Waals surface area contributed by atoms with Crippen LogP contribution >= 0.6 is 11.8 Å². The lowest BCUT2D eigenvalue weighted by molar-refractivity contribution is -0.134. The summed E-state index contributed by atoms with van der Waals surface area (Å²) in [5, 5.41) is 0.829. The van der Waals surface area contributed by atoms with Crippen molar-refractivity contribution in [2.45, 2.75) is 50.4 Å². The quantitative estimate of drug-likeness (QED) is 0.763. The Balaban J connectivity index is 1.67. The largest absolute Gasteiger partial charge is 0.497 e. The molecule has 6 heteroatoms. The molecule has 2 unspecified atom stereocenters. The van der Waals surface area contributed by atoms with Crippen LogP contribution in [0.2, 0.25) is 0 Å². The van der Waals surface area contributed by atoms with E-state index < -0.39 is 0 Å². The third-order valence-corrected chi connectivity index (χ3v) is 5.72. The third-order valence-electron chi connectivity index (χ3n) is 4.76. The number of carbonyl (C=O) groups is 1. The van der Waals surface area contributed by atoms with Gasteiger partial charge >= 0.3 is 0 Å². The normalized spacial score (nSPS) is 20.5. The Bertz CT molecular complexity index is 704. The first-order valence-electron chi connectivity index (χ1n) is 8.72. The molecule has 1 aliphatic heterocycles. The van der Waals surface area contributed by atoms with Crippen LogP contribution in [0.4, 0.5) is 0 Å². The number of imidazole rings is 1. The fourth-order valence-corrected chi connectivity index (χ4v) is 4.29. The smallest absolute Gasteiger partial charge is 0.233 e. The van der Waals surface area contributed by atoms with Gasteiger partial charge in [-0.1, -0.05) is 11.8 Å². The molecular formula is C19H25N3O2S. The van der Waals surface area contributed by atoms with Gasteiger partial charge < -0.3 is 9.64 Å². The minimum atomic E-state index is 0.203. The molecular weight excluding hydrogens is 334 g/mol. The van der Waals surface area contributed by atoms with Crippen molar-refractivity contribution in [3.63, 3.8) is 0 Å². The zero-order valence-corrected chi connectivity index (χ0v) is 15.8. The highest BCUT2D eigenvalue weighted by Crippen LogP contribution is 2.26. The lowest BCUT2D eigenvalue weighted by Crippen LogP contribution is -2.48. The molecule has 1 amide bonds. The van der Waals surface area contributed by atoms with Gasteiger partial charge in [-0.05, 0) is 57.4 Å². The fourth-order valence-electron chi connectivity index (χ4n) is 3.45. The molecule has 0 radical (unpaired) electrons. The van der Waals surface area contributed by atoms with Crippen molar-refractivity contribution in [1.82, 2.24) is 14.5 Å². The predicted molar refractivity (Wildman–Crippen MR) is 100 cm³/mol. The number of rotatable bonds is 5. The van der Waals surface area contributed by atoms with Crippen LogP contribution in [0.15, 0.2) is 41.8 Å². The highest BCUT2D eigenvalue weighted by atomic mass is 32.2. The minimum absolute atomic E-state index is 0.203. The van der Waals surface area contributed by atoms with E-state index in [9.17, 15) is 4.79 Å². The topological polar surface area (TPSA) is 47.4 Å². The first kappa shape index (κ1) is 17.9. The van der Waals surface area contributed by atoms with Crippen LogP contribution in [0.1, 0.15) is 33.1 Å². The van der Waals surface area contributed by atoms with E-state index in [0.29, 0.717) is 17.8 Å². The number of benzene rings is 1. The Morgan fingerprint density at radius 2 is 1.92 bits per heavy atom. The van der Waals surface area contributed by atoms with Gasteiger partial charge in [0.15, 0.2) is 5.16 Å². The van der Waals surface area contributed by atoms with Gasteiger partial charge in [0.05, 0.1) is 12.9 Å². The molecule has 0 spiro atoms. The summed E-state index contributed by atoms with van der Waals surface area (Å²) < 4.78 is 7.20. The molecule has 2 aromatic rings. The second-order valence-corrected chi connectivity index (χ2v) is 7.44. The Labute approximate surface area is 153 Å². The molecule has 134 valence electrons. The van der Waals surface area contributed by atoms with Gasteiger partial charge in [0.25, 0.3) is 0 Å². The summed E-state index contributed by atoms with van der Waals surface area (Å²) >= 11 is 1.49. The summed E-state index contributed by atoms with van der Waals surface area (Å²) in [5.41, 5.74) is 1.01. The first-order chi connectivity index (χ1) is 12.1. The van der Waals surface area contributed by atoms with Crippen LogP contribution < -0.4 is 4.74 Å². The van der Waals surface area contributed by atoms with Gasteiger partial charge in [-0.3, -0.25) is 9.36 Å². The van der Waals surface area contributed by atoms with E-state index in [2.05, 4.69) is 23.7 Å². The standard InChI is InChI=1S/C19H25N3O2S/c1-14-5-4-6-15(2)22(14)18(23)13-25-19-20-11-12-21(19)16-7-9-17(24-3)10-8-16/h7-12,14-15H,4-6,13H2,1-3H3. The number of nitrogens with zero attached hydrogens (tertiary/aromatic N) is 3. The number of likely N-dealkylation sites (tertiary alicyclic amines) is 1. The number of carbonyl (C=O) groups excluding carboxylic acids is 1. The van der Waals surface area contributed by atoms with E-state index in [1.807, 2.05) is 35.0 Å². The van der Waals surface area contributed by atoms with Gasteiger partial charge in [0.2, 0.25) is 5.91 Å². The summed E-state index contributed by atoms with van der Waals surface area (Å²) in [6.45, 7) is 4.30. The SMILES string of the molecule is COc1ccc(-n2ccnc2SCC(=O)N2C(C)CCCC2C)cc1. The molecule has 2 atom stereocenters. The predicted octanol–water partition coefficient (Wildman–Crippen LogP) is 3.76. The van der Waals surface area contributed by atoms with E-state index in [0.717, 1.165) is 29.4 Å². The van der Waals surface area contributed by atoms with Crippen LogP contribution in [0.3, 0.4) is 0 Å².